The number of nitrogens with zero attached hydrogens (tertiary/aromatic N) is 1. The normalized spacial score (nSPS) is 10.6. The van der Waals surface area contributed by atoms with Gasteiger partial charge in [-0.3, -0.25) is 9.59 Å². The molecular formula is C15H16ClN3O3S. The Hall–Kier alpha value is -1.83. The van der Waals surface area contributed by atoms with Crippen LogP contribution < -0.4 is 10.9 Å². The highest BCUT2D eigenvalue weighted by atomic mass is 35.5. The molecule has 0 saturated heterocycles. The minimum Gasteiger partial charge on any atom is -0.396 e. The fourth-order valence-electron chi connectivity index (χ4n) is 1.92. The summed E-state index contributed by atoms with van der Waals surface area (Å²) in [6, 6.07) is 6.79. The van der Waals surface area contributed by atoms with E-state index in [1.54, 1.807) is 31.2 Å². The SMILES string of the molecule is Cc1nc(SCC(=O)Nc2ccc(Cl)cc2)[nH]c(=O)c1CCO. The number of nitrogens with one attached hydrogen (secondary N) is 2. The molecule has 0 spiro atoms. The van der Waals surface area contributed by atoms with Crippen LogP contribution in [0, 0.1) is 6.92 Å². The number of rotatable bonds is 6. The molecule has 1 heterocycles. The summed E-state index contributed by atoms with van der Waals surface area (Å²) in [6.45, 7) is 1.60. The van der Waals surface area contributed by atoms with Gasteiger partial charge in [0.2, 0.25) is 5.91 Å². The molecule has 23 heavy (non-hydrogen) atoms. The lowest BCUT2D eigenvalue weighted by Gasteiger charge is -2.07. The Kier molecular flexibility index (Phi) is 6.20. The van der Waals surface area contributed by atoms with E-state index in [9.17, 15) is 9.59 Å². The molecule has 0 atom stereocenters. The largest absolute Gasteiger partial charge is 0.396 e. The number of thioether (sulfide) groups is 1. The minimum atomic E-state index is -0.285. The molecule has 0 fully saturated rings. The summed E-state index contributed by atoms with van der Waals surface area (Å²) in [7, 11) is 0. The zero-order valence-corrected chi connectivity index (χ0v) is 14.0. The van der Waals surface area contributed by atoms with E-state index in [4.69, 9.17) is 16.7 Å². The van der Waals surface area contributed by atoms with Gasteiger partial charge in [-0.15, -0.1) is 0 Å². The molecule has 0 aliphatic rings. The Bertz CT molecular complexity index is 747. The lowest BCUT2D eigenvalue weighted by Crippen LogP contribution is -2.19. The molecule has 0 unspecified atom stereocenters. The number of anilines is 1. The van der Waals surface area contributed by atoms with Crippen molar-refractivity contribution in [1.82, 2.24) is 9.97 Å². The van der Waals surface area contributed by atoms with Gasteiger partial charge in [0.15, 0.2) is 5.16 Å². The number of aliphatic hydroxyl groups is 1. The summed E-state index contributed by atoms with van der Waals surface area (Å²) < 4.78 is 0. The van der Waals surface area contributed by atoms with E-state index in [1.807, 2.05) is 0 Å². The van der Waals surface area contributed by atoms with Crippen LogP contribution in [0.3, 0.4) is 0 Å². The number of aromatic nitrogens is 2. The Morgan fingerprint density at radius 2 is 2.09 bits per heavy atom. The van der Waals surface area contributed by atoms with Gasteiger partial charge in [-0.1, -0.05) is 23.4 Å². The standard InChI is InChI=1S/C15H16ClN3O3S/c1-9-12(6-7-20)14(22)19-15(17-9)23-8-13(21)18-11-4-2-10(16)3-5-11/h2-5,20H,6-8H2,1H3,(H,18,21)(H,17,19,22). The van der Waals surface area contributed by atoms with Crippen molar-refractivity contribution in [2.75, 3.05) is 17.7 Å². The predicted octanol–water partition coefficient (Wildman–Crippen LogP) is 2.00. The van der Waals surface area contributed by atoms with Gasteiger partial charge in [-0.25, -0.2) is 4.98 Å². The number of benzene rings is 1. The smallest absolute Gasteiger partial charge is 0.255 e. The van der Waals surface area contributed by atoms with Crippen LogP contribution in [-0.4, -0.2) is 33.3 Å². The van der Waals surface area contributed by atoms with Gasteiger partial charge in [0, 0.05) is 35.0 Å². The van der Waals surface area contributed by atoms with Gasteiger partial charge in [-0.2, -0.15) is 0 Å². The first-order valence-electron chi connectivity index (χ1n) is 6.88. The number of amides is 1. The van der Waals surface area contributed by atoms with Crippen LogP contribution in [0.1, 0.15) is 11.3 Å². The van der Waals surface area contributed by atoms with E-state index in [2.05, 4.69) is 15.3 Å². The van der Waals surface area contributed by atoms with E-state index in [-0.39, 0.29) is 30.2 Å². The molecular weight excluding hydrogens is 338 g/mol. The number of aromatic amines is 1. The fourth-order valence-corrected chi connectivity index (χ4v) is 2.76. The third kappa shape index (κ3) is 5.09. The molecule has 3 N–H and O–H groups in total. The maximum Gasteiger partial charge on any atom is 0.255 e. The quantitative estimate of drug-likeness (QED) is 0.545. The molecule has 1 amide bonds. The number of aryl methyl sites for hydroxylation is 1. The van der Waals surface area contributed by atoms with Crippen LogP contribution in [0.5, 0.6) is 0 Å². The summed E-state index contributed by atoms with van der Waals surface area (Å²) in [4.78, 5) is 30.6. The molecule has 0 radical (unpaired) electrons. The molecule has 1 aromatic carbocycles. The Labute approximate surface area is 142 Å². The minimum absolute atomic E-state index is 0.110. The lowest BCUT2D eigenvalue weighted by atomic mass is 10.2. The highest BCUT2D eigenvalue weighted by Crippen LogP contribution is 2.16. The summed E-state index contributed by atoms with van der Waals surface area (Å²) in [5, 5.41) is 12.6. The van der Waals surface area contributed by atoms with Crippen molar-refractivity contribution < 1.29 is 9.90 Å². The van der Waals surface area contributed by atoms with Gasteiger partial charge < -0.3 is 15.4 Å². The first kappa shape index (κ1) is 17.5. The number of carbonyl (C=O) groups is 1. The van der Waals surface area contributed by atoms with Gasteiger partial charge in [0.1, 0.15) is 0 Å². The van der Waals surface area contributed by atoms with Crippen LogP contribution in [0.2, 0.25) is 5.02 Å². The number of hydrogen-bond acceptors (Lipinski definition) is 5. The van der Waals surface area contributed by atoms with E-state index < -0.39 is 0 Å². The summed E-state index contributed by atoms with van der Waals surface area (Å²) in [5.74, 6) is -0.0956. The van der Waals surface area contributed by atoms with Crippen LogP contribution in [0.15, 0.2) is 34.2 Å². The van der Waals surface area contributed by atoms with E-state index in [0.29, 0.717) is 27.1 Å². The molecule has 0 bridgehead atoms. The number of carbonyl (C=O) groups excluding carboxylic acids is 1. The zero-order chi connectivity index (χ0) is 16.8. The Morgan fingerprint density at radius 3 is 2.70 bits per heavy atom. The second-order valence-electron chi connectivity index (χ2n) is 4.75. The molecule has 0 saturated carbocycles. The van der Waals surface area contributed by atoms with Crippen LogP contribution in [0.4, 0.5) is 5.69 Å². The maximum atomic E-state index is 11.9. The molecule has 2 aromatic rings. The van der Waals surface area contributed by atoms with Crippen molar-refractivity contribution in [1.29, 1.82) is 0 Å². The van der Waals surface area contributed by atoms with Crippen molar-refractivity contribution in [3.8, 4) is 0 Å². The van der Waals surface area contributed by atoms with Crippen molar-refractivity contribution in [2.45, 2.75) is 18.5 Å². The molecule has 6 nitrogen and oxygen atoms in total. The predicted molar refractivity (Wildman–Crippen MR) is 91.2 cm³/mol. The van der Waals surface area contributed by atoms with Crippen molar-refractivity contribution in [3.63, 3.8) is 0 Å². The fraction of sp³-hybridized carbons (Fsp3) is 0.267. The molecule has 2 rings (SSSR count). The maximum absolute atomic E-state index is 11.9. The topological polar surface area (TPSA) is 95.1 Å². The second kappa shape index (κ2) is 8.14. The Morgan fingerprint density at radius 1 is 1.39 bits per heavy atom. The third-order valence-corrected chi connectivity index (χ3v) is 4.16. The van der Waals surface area contributed by atoms with Crippen LogP contribution in [-0.2, 0) is 11.2 Å². The van der Waals surface area contributed by atoms with Crippen LogP contribution >= 0.6 is 23.4 Å². The first-order valence-corrected chi connectivity index (χ1v) is 8.25. The van der Waals surface area contributed by atoms with E-state index >= 15 is 0 Å². The summed E-state index contributed by atoms with van der Waals surface area (Å²) in [5.41, 5.74) is 1.38. The van der Waals surface area contributed by atoms with Crippen molar-refractivity contribution in [2.24, 2.45) is 0 Å². The van der Waals surface area contributed by atoms with Gasteiger partial charge >= 0.3 is 0 Å². The molecule has 1 aromatic heterocycles. The third-order valence-electron chi connectivity index (χ3n) is 3.03. The summed E-state index contributed by atoms with van der Waals surface area (Å²) in [6.07, 6.45) is 0.260. The van der Waals surface area contributed by atoms with Crippen molar-refractivity contribution >= 4 is 35.0 Å². The average Bonchev–Trinajstić information content (AvgIpc) is 2.51. The van der Waals surface area contributed by atoms with E-state index in [1.165, 1.54) is 0 Å². The molecule has 0 aliphatic carbocycles. The molecule has 122 valence electrons. The average molecular weight is 354 g/mol. The number of halogens is 1. The van der Waals surface area contributed by atoms with Gasteiger partial charge in [0.05, 0.1) is 5.75 Å². The number of H-pyrrole nitrogens is 1. The summed E-state index contributed by atoms with van der Waals surface area (Å²) >= 11 is 6.92. The van der Waals surface area contributed by atoms with Gasteiger partial charge in [0.25, 0.3) is 5.56 Å². The number of hydrogen-bond donors (Lipinski definition) is 3. The number of aliphatic hydroxyl groups excluding tert-OH is 1. The highest BCUT2D eigenvalue weighted by molar-refractivity contribution is 7.99. The lowest BCUT2D eigenvalue weighted by molar-refractivity contribution is -0.113. The van der Waals surface area contributed by atoms with Crippen LogP contribution in [0.25, 0.3) is 0 Å². The second-order valence-corrected chi connectivity index (χ2v) is 6.15. The monoisotopic (exact) mass is 353 g/mol. The van der Waals surface area contributed by atoms with Crippen molar-refractivity contribution in [3.05, 3.63) is 50.9 Å². The first-order chi connectivity index (χ1) is 11.0. The molecule has 0 aliphatic heterocycles. The van der Waals surface area contributed by atoms with Gasteiger partial charge in [-0.05, 0) is 31.2 Å². The zero-order valence-electron chi connectivity index (χ0n) is 12.4. The van der Waals surface area contributed by atoms with E-state index in [0.717, 1.165) is 11.8 Å². The Balaban J connectivity index is 1.96. The highest BCUT2D eigenvalue weighted by Gasteiger charge is 2.10. The molecule has 8 heteroatoms.